The summed E-state index contributed by atoms with van der Waals surface area (Å²) in [6.45, 7) is 31.3. The van der Waals surface area contributed by atoms with E-state index in [-0.39, 0.29) is 70.9 Å². The minimum absolute atomic E-state index is 0.0722. The lowest BCUT2D eigenvalue weighted by atomic mass is 9.90. The molecule has 0 radical (unpaired) electrons. The third-order valence-corrected chi connectivity index (χ3v) is 20.5. The zero-order chi connectivity index (χ0) is 95.7. The van der Waals surface area contributed by atoms with Crippen molar-refractivity contribution in [1.29, 1.82) is 0 Å². The highest BCUT2D eigenvalue weighted by molar-refractivity contribution is 7.53. The van der Waals surface area contributed by atoms with Crippen LogP contribution in [0.1, 0.15) is 247 Å². The summed E-state index contributed by atoms with van der Waals surface area (Å²) in [4.78, 5) is 230. The van der Waals surface area contributed by atoms with E-state index in [1.807, 2.05) is 13.8 Å². The molecule has 15 N–H and O–H groups in total. The molecular weight excluding hydrogens is 1660 g/mol. The van der Waals surface area contributed by atoms with E-state index in [9.17, 15) is 67.5 Å². The number of hydrogen-bond donors (Lipinski definition) is 15. The maximum absolute atomic E-state index is 15.5. The number of carbonyl (C=O) groups is 16. The summed E-state index contributed by atoms with van der Waals surface area (Å²) in [5.41, 5.74) is -4.50. The molecule has 1 aromatic rings. The summed E-state index contributed by atoms with van der Waals surface area (Å²) in [6, 6.07) is -3.35. The topological polar surface area (TPSA) is 552 Å². The first-order chi connectivity index (χ1) is 58.4. The van der Waals surface area contributed by atoms with Crippen LogP contribution in [-0.2, 0) is 96.5 Å². The molecule has 1 aliphatic heterocycles. The van der Waals surface area contributed by atoms with Gasteiger partial charge in [-0.05, 0) is 187 Å². The summed E-state index contributed by atoms with van der Waals surface area (Å²) in [7, 11) is -3.86. The third-order valence-electron chi connectivity index (χ3n) is 18.6. The van der Waals surface area contributed by atoms with Crippen molar-refractivity contribution in [2.75, 3.05) is 58.6 Å². The Morgan fingerprint density at radius 2 is 0.905 bits per heavy atom. The number of aliphatic hydroxyl groups is 2. The van der Waals surface area contributed by atoms with Crippen molar-refractivity contribution in [1.82, 2.24) is 69.1 Å². The van der Waals surface area contributed by atoms with Gasteiger partial charge in [-0.15, -0.1) is 0 Å². The highest BCUT2D eigenvalue weighted by Crippen LogP contribution is 2.49. The molecule has 1 aromatic carbocycles. The summed E-state index contributed by atoms with van der Waals surface area (Å²) < 4.78 is 52.4. The average molecular weight is 1810 g/mol. The van der Waals surface area contributed by atoms with Crippen LogP contribution in [0.25, 0.3) is 0 Å². The van der Waals surface area contributed by atoms with Crippen molar-refractivity contribution < 1.29 is 124 Å². The van der Waals surface area contributed by atoms with Crippen molar-refractivity contribution in [3.05, 3.63) is 35.9 Å². The van der Waals surface area contributed by atoms with Gasteiger partial charge in [-0.25, -0.2) is 24.0 Å². The molecule has 12 atom stereocenters. The molecule has 1 heterocycles. The maximum Gasteiger partial charge on any atom is 0.407 e. The van der Waals surface area contributed by atoms with Crippen LogP contribution in [0.2, 0.25) is 0 Å². The van der Waals surface area contributed by atoms with Crippen molar-refractivity contribution in [3.8, 4) is 0 Å². The molecule has 1 aliphatic rings. The first kappa shape index (κ1) is 112. The van der Waals surface area contributed by atoms with Crippen LogP contribution >= 0.6 is 7.60 Å². The second-order valence-corrected chi connectivity index (χ2v) is 39.0. The van der Waals surface area contributed by atoms with Gasteiger partial charge in [-0.1, -0.05) is 70.9 Å². The first-order valence-electron chi connectivity index (χ1n) is 43.5. The van der Waals surface area contributed by atoms with Gasteiger partial charge in [0, 0.05) is 83.2 Å². The molecule has 1 fully saturated rings. The first-order valence-corrected chi connectivity index (χ1v) is 45.2. The zero-order valence-corrected chi connectivity index (χ0v) is 78.6. The van der Waals surface area contributed by atoms with Crippen LogP contribution in [0, 0.1) is 23.7 Å². The lowest BCUT2D eigenvalue weighted by Crippen LogP contribution is -2.59. The lowest BCUT2D eigenvalue weighted by molar-refractivity contribution is -0.137. The molecule has 0 bridgehead atoms. The van der Waals surface area contributed by atoms with Crippen molar-refractivity contribution in [2.45, 2.75) is 331 Å². The van der Waals surface area contributed by atoms with E-state index in [4.69, 9.17) is 32.7 Å². The molecule has 39 nitrogen and oxygen atoms in total. The summed E-state index contributed by atoms with van der Waals surface area (Å²) in [5.74, 6) is -16.3. The Morgan fingerprint density at radius 1 is 0.492 bits per heavy atom. The van der Waals surface area contributed by atoms with Gasteiger partial charge in [0.1, 0.15) is 52.2 Å². The fourth-order valence-electron chi connectivity index (χ4n) is 12.3. The molecular formula is C86H146N13O26P. The Hall–Kier alpha value is -9.59. The van der Waals surface area contributed by atoms with Gasteiger partial charge in [0.2, 0.25) is 47.3 Å². The summed E-state index contributed by atoms with van der Waals surface area (Å²) in [6.07, 6.45) is -12.0. The molecule has 40 heteroatoms. The number of carbonyl (C=O) groups excluding carboxylic acids is 16. The maximum atomic E-state index is 15.5. The van der Waals surface area contributed by atoms with E-state index < -0.39 is 274 Å². The second-order valence-electron chi connectivity index (χ2n) is 36.8. The molecule has 2 rings (SSSR count). The molecule has 2 unspecified atom stereocenters. The van der Waals surface area contributed by atoms with Gasteiger partial charge in [0.15, 0.2) is 17.3 Å². The van der Waals surface area contributed by atoms with Gasteiger partial charge in [0.25, 0.3) is 0 Å². The predicted molar refractivity (Wildman–Crippen MR) is 467 cm³/mol. The van der Waals surface area contributed by atoms with Crippen LogP contribution in [0.15, 0.2) is 30.3 Å². The number of aliphatic hydroxyl groups excluding tert-OH is 2. The molecule has 0 aliphatic carbocycles. The fraction of sp³-hybridized carbons (Fsp3) is 0.744. The molecule has 0 spiro atoms. The van der Waals surface area contributed by atoms with Gasteiger partial charge in [0.05, 0.1) is 55.6 Å². The number of ketones is 3. The number of alkyl carbamates (subject to hydrolysis) is 5. The van der Waals surface area contributed by atoms with Crippen LogP contribution < -0.4 is 69.1 Å². The monoisotopic (exact) mass is 1810 g/mol. The Balaban J connectivity index is 3.13. The number of ether oxygens (including phenoxy) is 5. The standard InChI is InChI=1S/C86H146N13O26P/c1-22-24-44-119-126(118,120-45-25-23-2)46-37-68(105)93-59(33-40-89-78(114)122-83(10,11)12)67(104)51-58(53(5)100)72(108)94-60(34-41-90-79(115)123-84(13,14)15)65(102)49-56-31-38-87-76(112)69(54(6)101)99-71(107)57(32-39-88-77(113)121-82(7,8)9)50-66(103)61(35-42-91-80(116)124-85(16,17)18)95-74(110)63(47-52(3)4)97-75(111)64(48-55-29-27-26-28-30-55)98-73(109)62(96-70(56)106)36-43-92-81(117)125-86(19,20)21/h26-30,52-54,56-64,69,100-101H,22-25,31-51H2,1-21H3,(H,87,112)(H,88,113)(H,89,114)(H,90,115)(H,91,116)(H,92,117)(H,93,105)(H,94,108)(H,95,110)(H,96,106)(H,97,111)(H,98,109)(H,99,107)/t53?,54?,56-,57-,58+,59+,60+,61+,62+,63+,64-,69+/m1/s1. The van der Waals surface area contributed by atoms with Crippen LogP contribution in [0.5, 0.6) is 0 Å². The second kappa shape index (κ2) is 54.6. The normalized spacial score (nSPS) is 19.6. The van der Waals surface area contributed by atoms with Crippen LogP contribution in [0.3, 0.4) is 0 Å². The molecule has 0 aromatic heterocycles. The van der Waals surface area contributed by atoms with E-state index in [0.29, 0.717) is 31.2 Å². The number of Topliss-reactive ketones (excluding diaryl/α,β-unsaturated/α-hetero) is 3. The molecule has 13 amide bonds. The minimum atomic E-state index is -3.86. The largest absolute Gasteiger partial charge is 0.444 e. The number of rotatable bonds is 41. The van der Waals surface area contributed by atoms with Crippen molar-refractivity contribution in [3.63, 3.8) is 0 Å². The van der Waals surface area contributed by atoms with Crippen molar-refractivity contribution in [2.24, 2.45) is 23.7 Å². The fourth-order valence-corrected chi connectivity index (χ4v) is 14.0. The quantitative estimate of drug-likeness (QED) is 0.0190. The Labute approximate surface area is 741 Å². The SMILES string of the molecule is CCCCOP(=O)(CCC(=O)N[C@@H](CCNC(=O)OC(C)(C)C)C(=O)C[C@H](C(=O)N[C@@H](CCNC(=O)OC(C)(C)C)C(=O)C[C@H]1CCNC(=O)[C@H](C(C)O)NC(=O)[C@H](CCNC(=O)OC(C)(C)C)CC(=O)[C@H](CCNC(=O)OC(C)(C)C)NC(=O)[C@H](CC(C)C)NC(=O)[C@@H](Cc2ccccc2)NC(=O)[C@H](CCNC(=O)OC(C)(C)C)NC1=O)C(C)O)OCCCC. The van der Waals surface area contributed by atoms with E-state index in [2.05, 4.69) is 69.1 Å². The average Bonchev–Trinajstić information content (AvgIpc) is 1.11. The van der Waals surface area contributed by atoms with E-state index >= 15 is 24.0 Å². The van der Waals surface area contributed by atoms with E-state index in [0.717, 1.165) is 6.92 Å². The Morgan fingerprint density at radius 3 is 1.36 bits per heavy atom. The number of hydrogen-bond acceptors (Lipinski definition) is 26. The summed E-state index contributed by atoms with van der Waals surface area (Å²) >= 11 is 0. The number of benzene rings is 1. The van der Waals surface area contributed by atoms with E-state index in [1.54, 1.807) is 148 Å². The molecule has 1 saturated heterocycles. The minimum Gasteiger partial charge on any atom is -0.444 e. The molecule has 126 heavy (non-hydrogen) atoms. The highest BCUT2D eigenvalue weighted by atomic mass is 31.2. The van der Waals surface area contributed by atoms with Crippen LogP contribution in [-0.4, -0.2) is 246 Å². The third kappa shape index (κ3) is 48.9. The number of nitrogens with one attached hydrogen (secondary N) is 13. The number of amides is 13. The summed E-state index contributed by atoms with van der Waals surface area (Å²) in [5, 5.41) is 56.5. The molecule has 0 saturated carbocycles. The highest BCUT2D eigenvalue weighted by Gasteiger charge is 2.40. The van der Waals surface area contributed by atoms with Gasteiger partial charge in [-0.3, -0.25) is 57.3 Å². The number of unbranched alkanes of at least 4 members (excludes halogenated alkanes) is 2. The Kier molecular flexibility index (Phi) is 48.7. The van der Waals surface area contributed by atoms with Crippen LogP contribution in [0.4, 0.5) is 24.0 Å². The zero-order valence-electron chi connectivity index (χ0n) is 77.7. The Bertz CT molecular complexity index is 3760. The van der Waals surface area contributed by atoms with Gasteiger partial charge >= 0.3 is 38.1 Å². The van der Waals surface area contributed by atoms with Gasteiger partial charge in [-0.2, -0.15) is 0 Å². The molecule has 716 valence electrons. The smallest absolute Gasteiger partial charge is 0.407 e. The van der Waals surface area contributed by atoms with Gasteiger partial charge < -0.3 is 112 Å². The predicted octanol–water partition coefficient (Wildman–Crippen LogP) is 6.47. The van der Waals surface area contributed by atoms with Crippen molar-refractivity contribution >= 4 is 103 Å². The van der Waals surface area contributed by atoms with E-state index in [1.165, 1.54) is 6.92 Å². The lowest BCUT2D eigenvalue weighted by Gasteiger charge is -2.28.